The van der Waals surface area contributed by atoms with E-state index in [-0.39, 0.29) is 0 Å². The first-order chi connectivity index (χ1) is 35.2. The van der Waals surface area contributed by atoms with E-state index >= 15 is 0 Å². The van der Waals surface area contributed by atoms with Crippen LogP contribution in [0.3, 0.4) is 0 Å². The number of hydrogen-bond acceptors (Lipinski definition) is 1. The van der Waals surface area contributed by atoms with Crippen LogP contribution >= 0.6 is 0 Å². The largest absolute Gasteiger partial charge is 0.311 e. The number of allylic oxidation sites excluding steroid dienone is 4. The average Bonchev–Trinajstić information content (AvgIpc) is 3.75. The third-order valence-electron chi connectivity index (χ3n) is 15.2. The molecule has 3 aliphatic carbocycles. The Balaban J connectivity index is 0.00000256. The molecular formula is C70H55N. The summed E-state index contributed by atoms with van der Waals surface area (Å²) in [5.74, 6) is 0.448. The van der Waals surface area contributed by atoms with Gasteiger partial charge in [0, 0.05) is 23.0 Å². The first kappa shape index (κ1) is 43.7. The maximum atomic E-state index is 2.45. The Bertz CT molecular complexity index is 3460. The molecule has 0 saturated carbocycles. The van der Waals surface area contributed by atoms with Crippen LogP contribution in [0.25, 0.3) is 33.4 Å². The zero-order valence-corrected chi connectivity index (χ0v) is 40.3. The smallest absolute Gasteiger partial charge is 0.0720 e. The fourth-order valence-electron chi connectivity index (χ4n) is 12.2. The Labute approximate surface area is 419 Å². The minimum absolute atomic E-state index is 0.448. The Morgan fingerprint density at radius 3 is 1.27 bits per heavy atom. The molecule has 0 radical (unpaired) electrons. The fraction of sp³-hybridized carbons (Fsp3) is 0.0857. The van der Waals surface area contributed by atoms with Crippen molar-refractivity contribution < 1.29 is 0 Å². The van der Waals surface area contributed by atoms with E-state index in [1.54, 1.807) is 0 Å². The number of anilines is 3. The van der Waals surface area contributed by atoms with Crippen molar-refractivity contribution in [1.29, 1.82) is 0 Å². The lowest BCUT2D eigenvalue weighted by atomic mass is 9.51. The first-order valence-electron chi connectivity index (χ1n) is 25.3. The van der Waals surface area contributed by atoms with Gasteiger partial charge in [0.25, 0.3) is 0 Å². The molecule has 0 saturated heterocycles. The number of rotatable bonds is 8. The van der Waals surface area contributed by atoms with E-state index in [1.165, 1.54) is 83.5 Å². The summed E-state index contributed by atoms with van der Waals surface area (Å²) in [6, 6.07) is 95.1. The highest BCUT2D eigenvalue weighted by molar-refractivity contribution is 5.92. The standard InChI is InChI=1S/C68H49N.C2H6/c1-5-19-48(20-6-1)49-33-35-50(36-34-49)51-37-42-57(43-38-51)69(56-25-11-4-12-26-56)58-44-39-52(40-45-58)53-41-46-62-60(47-53)59-27-13-14-28-61(59)68(62)65-31-17-15-29-63(65)67(54-21-7-2-8-22-54,55-23-9-3-10-24-55)64-30-16-18-32-66(64)68;1-2/h1-19,21-48H,20H2;1-2H3. The second kappa shape index (κ2) is 18.4. The van der Waals surface area contributed by atoms with Gasteiger partial charge in [-0.15, -0.1) is 0 Å². The van der Waals surface area contributed by atoms with Crippen molar-refractivity contribution in [2.24, 2.45) is 0 Å². The van der Waals surface area contributed by atoms with Crippen molar-refractivity contribution in [2.75, 3.05) is 4.90 Å². The molecule has 1 atom stereocenters. The maximum Gasteiger partial charge on any atom is 0.0720 e. The molecule has 1 spiro atoms. The van der Waals surface area contributed by atoms with Gasteiger partial charge in [-0.3, -0.25) is 0 Å². The van der Waals surface area contributed by atoms with Gasteiger partial charge < -0.3 is 4.90 Å². The number of para-hydroxylation sites is 1. The number of benzene rings is 10. The van der Waals surface area contributed by atoms with Gasteiger partial charge in [-0.25, -0.2) is 0 Å². The van der Waals surface area contributed by atoms with Gasteiger partial charge in [0.2, 0.25) is 0 Å². The van der Waals surface area contributed by atoms with Crippen molar-refractivity contribution in [3.8, 4) is 33.4 Å². The Morgan fingerprint density at radius 2 is 0.746 bits per heavy atom. The molecule has 10 aromatic carbocycles. The SMILES string of the molecule is C1=CCC(c2ccc(-c3ccc(N(c4ccccc4)c4ccc(-c5ccc6c(c5)-c5ccccc5C65c6ccccc6C(c6ccccc6)(c6ccccc6)c6ccccc65)cc4)cc3)cc2)C=C1.CC. The lowest BCUT2D eigenvalue weighted by molar-refractivity contribution is 0.623. The molecule has 0 N–H and O–H groups in total. The molecule has 0 amide bonds. The van der Waals surface area contributed by atoms with Gasteiger partial charge in [-0.2, -0.15) is 0 Å². The van der Waals surface area contributed by atoms with Crippen LogP contribution in [0.4, 0.5) is 17.1 Å². The molecule has 1 unspecified atom stereocenters. The maximum absolute atomic E-state index is 2.45. The summed E-state index contributed by atoms with van der Waals surface area (Å²) in [4.78, 5) is 2.35. The zero-order chi connectivity index (χ0) is 47.8. The zero-order valence-electron chi connectivity index (χ0n) is 40.3. The summed E-state index contributed by atoms with van der Waals surface area (Å²) in [7, 11) is 0. The van der Waals surface area contributed by atoms with Crippen LogP contribution in [0.1, 0.15) is 76.3 Å². The molecule has 0 aromatic heterocycles. The average molecular weight is 910 g/mol. The molecule has 3 aliphatic rings. The van der Waals surface area contributed by atoms with Gasteiger partial charge in [0.05, 0.1) is 10.8 Å². The minimum atomic E-state index is -0.521. The van der Waals surface area contributed by atoms with Gasteiger partial charge in [0.15, 0.2) is 0 Å². The fourth-order valence-corrected chi connectivity index (χ4v) is 12.2. The highest BCUT2D eigenvalue weighted by atomic mass is 15.1. The molecular weight excluding hydrogens is 855 g/mol. The molecule has 0 aliphatic heterocycles. The predicted octanol–water partition coefficient (Wildman–Crippen LogP) is 18.2. The van der Waals surface area contributed by atoms with E-state index < -0.39 is 10.8 Å². The Morgan fingerprint density at radius 1 is 0.338 bits per heavy atom. The van der Waals surface area contributed by atoms with E-state index in [9.17, 15) is 0 Å². The monoisotopic (exact) mass is 909 g/mol. The summed E-state index contributed by atoms with van der Waals surface area (Å²) >= 11 is 0. The molecule has 1 heteroatoms. The highest BCUT2D eigenvalue weighted by Crippen LogP contribution is 2.64. The van der Waals surface area contributed by atoms with Gasteiger partial charge in [-0.1, -0.05) is 250 Å². The lowest BCUT2D eigenvalue weighted by Crippen LogP contribution is -2.44. The van der Waals surface area contributed by atoms with E-state index in [0.717, 1.165) is 23.5 Å². The topological polar surface area (TPSA) is 3.24 Å². The molecule has 340 valence electrons. The highest BCUT2D eigenvalue weighted by Gasteiger charge is 2.56. The van der Waals surface area contributed by atoms with Gasteiger partial charge in [0.1, 0.15) is 0 Å². The second-order valence-corrected chi connectivity index (χ2v) is 18.7. The van der Waals surface area contributed by atoms with Crippen LogP contribution in [0, 0.1) is 0 Å². The Hall–Kier alpha value is -8.52. The van der Waals surface area contributed by atoms with Crippen molar-refractivity contribution in [2.45, 2.75) is 37.0 Å². The number of hydrogen-bond donors (Lipinski definition) is 0. The van der Waals surface area contributed by atoms with Crippen LogP contribution in [-0.2, 0) is 10.8 Å². The molecule has 0 heterocycles. The van der Waals surface area contributed by atoms with Crippen molar-refractivity contribution in [3.63, 3.8) is 0 Å². The van der Waals surface area contributed by atoms with E-state index in [0.29, 0.717) is 5.92 Å². The Kier molecular flexibility index (Phi) is 11.4. The van der Waals surface area contributed by atoms with Crippen LogP contribution < -0.4 is 4.90 Å². The minimum Gasteiger partial charge on any atom is -0.311 e. The second-order valence-electron chi connectivity index (χ2n) is 18.7. The van der Waals surface area contributed by atoms with Crippen molar-refractivity contribution in [1.82, 2.24) is 0 Å². The van der Waals surface area contributed by atoms with E-state index in [2.05, 4.69) is 284 Å². The molecule has 71 heavy (non-hydrogen) atoms. The number of nitrogens with zero attached hydrogens (tertiary/aromatic N) is 1. The third kappa shape index (κ3) is 7.06. The summed E-state index contributed by atoms with van der Waals surface area (Å²) in [5.41, 5.74) is 21.5. The van der Waals surface area contributed by atoms with Gasteiger partial charge >= 0.3 is 0 Å². The van der Waals surface area contributed by atoms with Crippen molar-refractivity contribution >= 4 is 17.1 Å². The third-order valence-corrected chi connectivity index (χ3v) is 15.2. The summed E-state index contributed by atoms with van der Waals surface area (Å²) < 4.78 is 0. The van der Waals surface area contributed by atoms with Crippen LogP contribution in [-0.4, -0.2) is 0 Å². The van der Waals surface area contributed by atoms with Gasteiger partial charge in [-0.05, 0) is 132 Å². The molecule has 1 nitrogen and oxygen atoms in total. The molecule has 13 rings (SSSR count). The van der Waals surface area contributed by atoms with Crippen LogP contribution in [0.15, 0.2) is 279 Å². The molecule has 0 bridgehead atoms. The summed E-state index contributed by atoms with van der Waals surface area (Å²) in [6.07, 6.45) is 9.90. The van der Waals surface area contributed by atoms with E-state index in [4.69, 9.17) is 0 Å². The first-order valence-corrected chi connectivity index (χ1v) is 25.3. The van der Waals surface area contributed by atoms with Crippen LogP contribution in [0.2, 0.25) is 0 Å². The molecule has 10 aromatic rings. The quantitative estimate of drug-likeness (QED) is 0.147. The summed E-state index contributed by atoms with van der Waals surface area (Å²) in [5, 5.41) is 0. The predicted molar refractivity (Wildman–Crippen MR) is 298 cm³/mol. The summed E-state index contributed by atoms with van der Waals surface area (Å²) in [6.45, 7) is 4.00. The number of fused-ring (bicyclic) bond motifs is 9. The molecule has 0 fully saturated rings. The van der Waals surface area contributed by atoms with Crippen molar-refractivity contribution in [3.05, 3.63) is 329 Å². The lowest BCUT2D eigenvalue weighted by Gasteiger charge is -2.50. The van der Waals surface area contributed by atoms with Crippen LogP contribution in [0.5, 0.6) is 0 Å². The van der Waals surface area contributed by atoms with E-state index in [1.807, 2.05) is 13.8 Å². The normalized spacial score (nSPS) is 15.1.